The quantitative estimate of drug-likeness (QED) is 0.839. The molecule has 1 aromatic heterocycles. The molecule has 0 saturated carbocycles. The molecule has 0 fully saturated rings. The van der Waals surface area contributed by atoms with E-state index in [2.05, 4.69) is 18.8 Å². The van der Waals surface area contributed by atoms with Crippen LogP contribution in [0.4, 0.5) is 5.13 Å². The average Bonchev–Trinajstić information content (AvgIpc) is 2.90. The molecule has 20 heavy (non-hydrogen) atoms. The maximum Gasteiger partial charge on any atom is 0.180 e. The van der Waals surface area contributed by atoms with Crippen LogP contribution in [0.5, 0.6) is 11.5 Å². The van der Waals surface area contributed by atoms with E-state index < -0.39 is 0 Å². The maximum atomic E-state index is 5.77. The van der Waals surface area contributed by atoms with Crippen molar-refractivity contribution in [3.63, 3.8) is 0 Å². The number of aromatic nitrogens is 1. The molecule has 1 heterocycles. The highest BCUT2D eigenvalue weighted by Gasteiger charge is 2.10. The van der Waals surface area contributed by atoms with Crippen molar-refractivity contribution >= 4 is 16.5 Å². The maximum absolute atomic E-state index is 5.77. The van der Waals surface area contributed by atoms with E-state index in [-0.39, 0.29) is 0 Å². The van der Waals surface area contributed by atoms with Gasteiger partial charge in [-0.3, -0.25) is 0 Å². The van der Waals surface area contributed by atoms with Gasteiger partial charge in [0.1, 0.15) is 0 Å². The summed E-state index contributed by atoms with van der Waals surface area (Å²) in [5.41, 5.74) is 7.55. The lowest BCUT2D eigenvalue weighted by Crippen LogP contribution is -2.01. The van der Waals surface area contributed by atoms with Crippen LogP contribution in [0.1, 0.15) is 26.7 Å². The molecule has 0 atom stereocenters. The van der Waals surface area contributed by atoms with Gasteiger partial charge in [0.25, 0.3) is 0 Å². The fraction of sp³-hybridized carbons (Fsp3) is 0.400. The predicted octanol–water partition coefficient (Wildman–Crippen LogP) is 3.97. The Bertz CT molecular complexity index is 555. The molecule has 0 unspecified atom stereocenters. The first-order valence-electron chi connectivity index (χ1n) is 6.85. The zero-order valence-electron chi connectivity index (χ0n) is 11.9. The molecule has 0 aliphatic carbocycles. The number of benzene rings is 1. The van der Waals surface area contributed by atoms with Gasteiger partial charge in [-0.2, -0.15) is 0 Å². The SMILES string of the molecule is CCCOc1ccc(-c2csc(N)n2)cc1OCCC. The highest BCUT2D eigenvalue weighted by atomic mass is 32.1. The lowest BCUT2D eigenvalue weighted by molar-refractivity contribution is 0.268. The lowest BCUT2D eigenvalue weighted by Gasteiger charge is -2.13. The van der Waals surface area contributed by atoms with Crippen LogP contribution in [-0.4, -0.2) is 18.2 Å². The normalized spacial score (nSPS) is 10.5. The number of anilines is 1. The van der Waals surface area contributed by atoms with E-state index in [9.17, 15) is 0 Å². The number of nitrogens with two attached hydrogens (primary N) is 1. The smallest absolute Gasteiger partial charge is 0.180 e. The van der Waals surface area contributed by atoms with Crippen LogP contribution in [0.2, 0.25) is 0 Å². The van der Waals surface area contributed by atoms with E-state index >= 15 is 0 Å². The number of nitrogen functional groups attached to an aromatic ring is 1. The van der Waals surface area contributed by atoms with E-state index in [4.69, 9.17) is 15.2 Å². The van der Waals surface area contributed by atoms with Gasteiger partial charge in [-0.05, 0) is 31.0 Å². The summed E-state index contributed by atoms with van der Waals surface area (Å²) < 4.78 is 11.5. The van der Waals surface area contributed by atoms with Crippen molar-refractivity contribution in [1.82, 2.24) is 4.98 Å². The summed E-state index contributed by atoms with van der Waals surface area (Å²) in [5.74, 6) is 1.55. The van der Waals surface area contributed by atoms with Gasteiger partial charge in [-0.1, -0.05) is 13.8 Å². The number of thiazole rings is 1. The van der Waals surface area contributed by atoms with Gasteiger partial charge in [-0.25, -0.2) is 4.98 Å². The van der Waals surface area contributed by atoms with Gasteiger partial charge in [0.2, 0.25) is 0 Å². The summed E-state index contributed by atoms with van der Waals surface area (Å²) in [6.07, 6.45) is 1.93. The lowest BCUT2D eigenvalue weighted by atomic mass is 10.1. The van der Waals surface area contributed by atoms with E-state index in [1.54, 1.807) is 0 Å². The molecule has 0 aliphatic rings. The van der Waals surface area contributed by atoms with Gasteiger partial charge < -0.3 is 15.2 Å². The zero-order valence-corrected chi connectivity index (χ0v) is 12.7. The van der Waals surface area contributed by atoms with Crippen LogP contribution in [-0.2, 0) is 0 Å². The average molecular weight is 292 g/mol. The van der Waals surface area contributed by atoms with Crippen molar-refractivity contribution in [3.8, 4) is 22.8 Å². The Morgan fingerprint density at radius 2 is 1.80 bits per heavy atom. The summed E-state index contributed by atoms with van der Waals surface area (Å²) in [4.78, 5) is 4.29. The van der Waals surface area contributed by atoms with Crippen molar-refractivity contribution in [1.29, 1.82) is 0 Å². The molecule has 0 radical (unpaired) electrons. The molecule has 0 saturated heterocycles. The Morgan fingerprint density at radius 3 is 2.40 bits per heavy atom. The second-order valence-corrected chi connectivity index (χ2v) is 5.32. The van der Waals surface area contributed by atoms with E-state index in [1.165, 1.54) is 11.3 Å². The van der Waals surface area contributed by atoms with Crippen molar-refractivity contribution in [2.75, 3.05) is 18.9 Å². The standard InChI is InChI=1S/C15H20N2O2S/c1-3-7-18-13-6-5-11(9-14(13)19-8-4-2)12-10-20-15(16)17-12/h5-6,9-10H,3-4,7-8H2,1-2H3,(H2,16,17). The molecule has 5 heteroatoms. The Balaban J connectivity index is 2.26. The summed E-state index contributed by atoms with van der Waals surface area (Å²) in [6, 6.07) is 5.89. The van der Waals surface area contributed by atoms with Crippen molar-refractivity contribution < 1.29 is 9.47 Å². The first kappa shape index (κ1) is 14.7. The van der Waals surface area contributed by atoms with Crippen molar-refractivity contribution in [2.45, 2.75) is 26.7 Å². The van der Waals surface area contributed by atoms with Gasteiger partial charge in [0, 0.05) is 10.9 Å². The summed E-state index contributed by atoms with van der Waals surface area (Å²) in [6.45, 7) is 5.52. The monoisotopic (exact) mass is 292 g/mol. The van der Waals surface area contributed by atoms with Gasteiger partial charge in [0.15, 0.2) is 16.6 Å². The topological polar surface area (TPSA) is 57.4 Å². The molecule has 4 nitrogen and oxygen atoms in total. The van der Waals surface area contributed by atoms with Crippen LogP contribution in [0.15, 0.2) is 23.6 Å². The van der Waals surface area contributed by atoms with E-state index in [0.717, 1.165) is 35.6 Å². The fourth-order valence-electron chi connectivity index (χ4n) is 1.74. The van der Waals surface area contributed by atoms with E-state index in [0.29, 0.717) is 18.3 Å². The molecular formula is C15H20N2O2S. The molecular weight excluding hydrogens is 272 g/mol. The highest BCUT2D eigenvalue weighted by Crippen LogP contribution is 2.33. The molecule has 108 valence electrons. The molecule has 2 rings (SSSR count). The Kier molecular flexibility index (Phi) is 5.24. The molecule has 0 bridgehead atoms. The first-order chi connectivity index (χ1) is 9.74. The minimum Gasteiger partial charge on any atom is -0.490 e. The molecule has 0 aliphatic heterocycles. The minimum absolute atomic E-state index is 0.572. The molecule has 2 N–H and O–H groups in total. The van der Waals surface area contributed by atoms with Gasteiger partial charge in [-0.15, -0.1) is 11.3 Å². The molecule has 2 aromatic rings. The number of rotatable bonds is 7. The van der Waals surface area contributed by atoms with Crippen molar-refractivity contribution in [3.05, 3.63) is 23.6 Å². The highest BCUT2D eigenvalue weighted by molar-refractivity contribution is 7.13. The van der Waals surface area contributed by atoms with Crippen LogP contribution in [0.3, 0.4) is 0 Å². The Labute approximate surface area is 123 Å². The zero-order chi connectivity index (χ0) is 14.4. The second-order valence-electron chi connectivity index (χ2n) is 4.43. The third-order valence-corrected chi connectivity index (χ3v) is 3.36. The summed E-state index contributed by atoms with van der Waals surface area (Å²) in [5, 5.41) is 2.52. The summed E-state index contributed by atoms with van der Waals surface area (Å²) >= 11 is 1.44. The first-order valence-corrected chi connectivity index (χ1v) is 7.73. The predicted molar refractivity (Wildman–Crippen MR) is 83.5 cm³/mol. The van der Waals surface area contributed by atoms with Crippen LogP contribution in [0.25, 0.3) is 11.3 Å². The van der Waals surface area contributed by atoms with Crippen LogP contribution in [0, 0.1) is 0 Å². The van der Waals surface area contributed by atoms with Crippen LogP contribution >= 0.6 is 11.3 Å². The van der Waals surface area contributed by atoms with Crippen molar-refractivity contribution in [2.24, 2.45) is 0 Å². The molecule has 1 aromatic carbocycles. The van der Waals surface area contributed by atoms with E-state index in [1.807, 2.05) is 23.6 Å². The second kappa shape index (κ2) is 7.14. The number of nitrogens with zero attached hydrogens (tertiary/aromatic N) is 1. The number of hydrogen-bond donors (Lipinski definition) is 1. The minimum atomic E-state index is 0.572. The third-order valence-electron chi connectivity index (χ3n) is 2.68. The van der Waals surface area contributed by atoms with Crippen LogP contribution < -0.4 is 15.2 Å². The molecule has 0 spiro atoms. The van der Waals surface area contributed by atoms with Gasteiger partial charge >= 0.3 is 0 Å². The largest absolute Gasteiger partial charge is 0.490 e. The summed E-state index contributed by atoms with van der Waals surface area (Å²) in [7, 11) is 0. The Hall–Kier alpha value is -1.75. The fourth-order valence-corrected chi connectivity index (χ4v) is 2.32. The molecule has 0 amide bonds. The number of hydrogen-bond acceptors (Lipinski definition) is 5. The van der Waals surface area contributed by atoms with Gasteiger partial charge in [0.05, 0.1) is 18.9 Å². The number of ether oxygens (including phenoxy) is 2. The Morgan fingerprint density at radius 1 is 1.10 bits per heavy atom. The third kappa shape index (κ3) is 3.63.